The molecule has 12 rings (SSSR count). The van der Waals surface area contributed by atoms with Gasteiger partial charge in [-0.15, -0.1) is 6.58 Å². The molecule has 2 unspecified atom stereocenters. The fraction of sp³-hybridized carbons (Fsp3) is 0.684. The Hall–Kier alpha value is -7.62. The average molecular weight is 1490 g/mol. The molecule has 2 saturated heterocycles. The number of allylic oxidation sites excluding steroid dienone is 1. The van der Waals surface area contributed by atoms with E-state index < -0.39 is 136 Å². The number of carbonyl (C=O) groups is 10. The van der Waals surface area contributed by atoms with E-state index in [1.165, 1.54) is 14.7 Å². The zero-order valence-corrected chi connectivity index (χ0v) is 64.0. The first-order chi connectivity index (χ1) is 48.4. The highest BCUT2D eigenvalue weighted by Crippen LogP contribution is 2.59. The van der Waals surface area contributed by atoms with Gasteiger partial charge in [-0.05, 0) is 119 Å². The van der Waals surface area contributed by atoms with Gasteiger partial charge in [-0.25, -0.2) is 26.4 Å². The van der Waals surface area contributed by atoms with E-state index in [9.17, 15) is 64.8 Å². The predicted octanol–water partition coefficient (Wildman–Crippen LogP) is 9.53. The summed E-state index contributed by atoms with van der Waals surface area (Å²) < 4.78 is 89.2. The van der Waals surface area contributed by atoms with Crippen molar-refractivity contribution in [1.82, 2.24) is 29.0 Å². The topological polar surface area (TPSA) is 331 Å². The van der Waals surface area contributed by atoms with E-state index in [1.807, 2.05) is 114 Å². The number of sulfonamides is 2. The van der Waals surface area contributed by atoms with Crippen molar-refractivity contribution in [2.45, 2.75) is 247 Å². The van der Waals surface area contributed by atoms with Crippen LogP contribution in [0.5, 0.6) is 23.0 Å². The van der Waals surface area contributed by atoms with Crippen molar-refractivity contribution in [3.63, 3.8) is 0 Å². The number of hydrogen-bond acceptors (Lipinski definition) is 20. The third-order valence-electron chi connectivity index (χ3n) is 22.1. The monoisotopic (exact) mass is 1480 g/mol. The van der Waals surface area contributed by atoms with Gasteiger partial charge in [-0.3, -0.25) is 57.6 Å². The predicted molar refractivity (Wildman–Crippen MR) is 379 cm³/mol. The summed E-state index contributed by atoms with van der Waals surface area (Å²) in [5.74, 6) is -2.82. The molecule has 2 aromatic carbocycles. The third kappa shape index (κ3) is 17.3. The van der Waals surface area contributed by atoms with Crippen molar-refractivity contribution in [1.29, 1.82) is 0 Å². The summed E-state index contributed by atoms with van der Waals surface area (Å²) in [5, 5.41) is -1.22. The molecule has 4 saturated carbocycles. The number of Topliss-reactive ketones (excluding diaryl/α,β-unsaturated/α-hetero) is 4. The van der Waals surface area contributed by atoms with E-state index in [-0.39, 0.29) is 132 Å². The van der Waals surface area contributed by atoms with Gasteiger partial charge in [-0.2, -0.15) is 0 Å². The standard InChI is InChI=1S/C38H53N3O10S.C38H51N3O10S/c2*1-8-24-15-38(24,34(45)39-52(47,48)27-9-10-27)17-30(43)29-14-26(20-41(29)33(44)28(37(5,6)7)13-25(42)16-36(2,3)4)51-35(46)40-18-22-11-31-32(50-21-49-31)12-23(22)19-40/h11-12,24,26-29H,8-10,13-21H2,1-7H3,(H,39,45);8,11-12,24,26-29H,1,9-10,13-21H2,2-7H3,(H,39,45)/t2*24-,26+,28+,29?,38-/m00/s1. The summed E-state index contributed by atoms with van der Waals surface area (Å²) >= 11 is 0. The number of likely N-dealkylation sites (tertiary alicyclic amines) is 2. The second kappa shape index (κ2) is 28.6. The number of hydrogen-bond donors (Lipinski definition) is 2. The van der Waals surface area contributed by atoms with Crippen LogP contribution < -0.4 is 28.4 Å². The van der Waals surface area contributed by atoms with Gasteiger partial charge in [0.05, 0.1) is 46.5 Å². The quantitative estimate of drug-likeness (QED) is 0.0923. The molecule has 10 atom stereocenters. The van der Waals surface area contributed by atoms with Crippen LogP contribution in [-0.2, 0) is 94.1 Å². The maximum atomic E-state index is 14.5. The highest BCUT2D eigenvalue weighted by atomic mass is 32.2. The lowest BCUT2D eigenvalue weighted by molar-refractivity contribution is -0.146. The lowest BCUT2D eigenvalue weighted by Gasteiger charge is -2.35. The molecule has 570 valence electrons. The first kappa shape index (κ1) is 77.5. The first-order valence-corrected chi connectivity index (χ1v) is 39.7. The van der Waals surface area contributed by atoms with Crippen molar-refractivity contribution in [2.75, 3.05) is 26.7 Å². The maximum Gasteiger partial charge on any atom is 0.410 e. The molecular weight excluding hydrogens is 1380 g/mol. The zero-order chi connectivity index (χ0) is 75.9. The van der Waals surface area contributed by atoms with Gasteiger partial charge in [0.2, 0.25) is 57.3 Å². The Labute approximate surface area is 610 Å². The minimum atomic E-state index is -3.86. The second-order valence-electron chi connectivity index (χ2n) is 35.3. The smallest absolute Gasteiger partial charge is 0.410 e. The molecule has 26 nitrogen and oxygen atoms in total. The van der Waals surface area contributed by atoms with E-state index in [1.54, 1.807) is 11.0 Å². The van der Waals surface area contributed by atoms with Crippen molar-refractivity contribution in [3.8, 4) is 23.0 Å². The van der Waals surface area contributed by atoms with Gasteiger partial charge in [-0.1, -0.05) is 103 Å². The minimum Gasteiger partial charge on any atom is -0.454 e. The molecule has 6 fully saturated rings. The van der Waals surface area contributed by atoms with Gasteiger partial charge >= 0.3 is 12.2 Å². The van der Waals surface area contributed by atoms with E-state index in [2.05, 4.69) is 16.0 Å². The van der Waals surface area contributed by atoms with Crippen LogP contribution in [0.2, 0.25) is 0 Å². The number of carbonyl (C=O) groups excluding carboxylic acids is 10. The molecule has 6 amide bonds. The Bertz CT molecular complexity index is 4000. The van der Waals surface area contributed by atoms with Crippen molar-refractivity contribution in [2.24, 2.45) is 56.2 Å². The summed E-state index contributed by atoms with van der Waals surface area (Å²) in [7, 11) is -7.69. The molecule has 2 N–H and O–H groups in total. The van der Waals surface area contributed by atoms with Crippen molar-refractivity contribution >= 4 is 79.0 Å². The van der Waals surface area contributed by atoms with Crippen LogP contribution in [0.3, 0.4) is 0 Å². The molecule has 10 aliphatic rings. The van der Waals surface area contributed by atoms with Gasteiger partial charge < -0.3 is 38.2 Å². The first-order valence-electron chi connectivity index (χ1n) is 36.6. The Morgan fingerprint density at radius 2 is 0.894 bits per heavy atom. The largest absolute Gasteiger partial charge is 0.454 e. The van der Waals surface area contributed by atoms with Crippen LogP contribution in [0.25, 0.3) is 0 Å². The van der Waals surface area contributed by atoms with Gasteiger partial charge in [0.1, 0.15) is 23.8 Å². The average Bonchev–Trinajstić information content (AvgIpc) is 1.58. The molecule has 104 heavy (non-hydrogen) atoms. The van der Waals surface area contributed by atoms with E-state index in [0.717, 1.165) is 22.3 Å². The van der Waals surface area contributed by atoms with E-state index in [4.69, 9.17) is 28.4 Å². The van der Waals surface area contributed by atoms with Crippen LogP contribution >= 0.6 is 0 Å². The summed E-state index contributed by atoms with van der Waals surface area (Å²) in [6.45, 7) is 30.1. The number of ether oxygens (including phenoxy) is 6. The molecule has 0 aromatic heterocycles. The maximum absolute atomic E-state index is 14.5. The lowest BCUT2D eigenvalue weighted by atomic mass is 9.75. The molecule has 2 aromatic rings. The van der Waals surface area contributed by atoms with Crippen molar-refractivity contribution < 1.29 is 93.2 Å². The summed E-state index contributed by atoms with van der Waals surface area (Å²) in [4.78, 5) is 144. The SMILES string of the molecule is C=C[C@H]1C[C@@]1(CC(=O)C1C[C@@H](OC(=O)N2Cc3cc4c(cc3C2)OCO4)CN1C(=O)[C@@H](CC(=O)CC(C)(C)C)C(C)(C)C)C(=O)NS(=O)(=O)C1CC1.CC[C@H]1C[C@@]1(CC(=O)C1C[C@@H](OC(=O)N2Cc3cc4c(cc3C2)OCO4)CN1C(=O)[C@@H](CC(=O)CC(C)(C)C)C(C)(C)C)C(=O)NS(=O)(=O)C1CC1. The molecule has 0 spiro atoms. The number of benzene rings is 2. The van der Waals surface area contributed by atoms with E-state index >= 15 is 0 Å². The van der Waals surface area contributed by atoms with E-state index in [0.29, 0.717) is 74.6 Å². The zero-order valence-electron chi connectivity index (χ0n) is 62.4. The Morgan fingerprint density at radius 1 is 0.548 bits per heavy atom. The summed E-state index contributed by atoms with van der Waals surface area (Å²) in [6, 6.07) is 5.32. The summed E-state index contributed by atoms with van der Waals surface area (Å²) in [6.07, 6.45) is 1.81. The van der Waals surface area contributed by atoms with Gasteiger partial charge in [0.25, 0.3) is 0 Å². The third-order valence-corrected chi connectivity index (χ3v) is 25.8. The molecule has 0 bridgehead atoms. The fourth-order valence-corrected chi connectivity index (χ4v) is 18.5. The molecule has 6 aliphatic heterocycles. The van der Waals surface area contributed by atoms with Crippen LogP contribution in [-0.4, -0.2) is 157 Å². The fourth-order valence-electron chi connectivity index (χ4n) is 15.8. The molecule has 28 heteroatoms. The van der Waals surface area contributed by atoms with Crippen LogP contribution in [0.1, 0.15) is 209 Å². The molecular formula is C76H104N6O20S2. The van der Waals surface area contributed by atoms with Crippen molar-refractivity contribution in [3.05, 3.63) is 59.2 Å². The van der Waals surface area contributed by atoms with Gasteiger partial charge in [0, 0.05) is 89.4 Å². The Morgan fingerprint density at radius 3 is 1.19 bits per heavy atom. The number of ketones is 4. The minimum absolute atomic E-state index is 0.00327. The number of rotatable bonds is 24. The number of nitrogens with one attached hydrogen (secondary N) is 2. The molecule has 0 radical (unpaired) electrons. The number of nitrogens with zero attached hydrogens (tertiary/aromatic N) is 4. The number of fused-ring (bicyclic) bond motifs is 4. The molecule has 4 aliphatic carbocycles. The Balaban J connectivity index is 0.000000208. The highest BCUT2D eigenvalue weighted by Gasteiger charge is 2.64. The van der Waals surface area contributed by atoms with Crippen LogP contribution in [0.4, 0.5) is 9.59 Å². The van der Waals surface area contributed by atoms with Crippen LogP contribution in [0.15, 0.2) is 36.9 Å². The molecule has 6 heterocycles. The second-order valence-corrected chi connectivity index (χ2v) is 39.2. The summed E-state index contributed by atoms with van der Waals surface area (Å²) in [5.41, 5.74) is -0.723. The normalized spacial score (nSPS) is 25.7. The Kier molecular flexibility index (Phi) is 21.3. The highest BCUT2D eigenvalue weighted by molar-refractivity contribution is 7.91. The van der Waals surface area contributed by atoms with Crippen LogP contribution in [0, 0.1) is 56.2 Å². The van der Waals surface area contributed by atoms with Gasteiger partial charge in [0.15, 0.2) is 34.6 Å². The lowest BCUT2D eigenvalue weighted by Crippen LogP contribution is -2.48. The number of amides is 6.